The number of rotatable bonds is 3. The number of nitrogens with zero attached hydrogens (tertiary/aromatic N) is 2. The van der Waals surface area contributed by atoms with E-state index >= 15 is 0 Å². The normalized spacial score (nSPS) is 22.6. The molecule has 1 aromatic carbocycles. The van der Waals surface area contributed by atoms with Gasteiger partial charge in [-0.05, 0) is 43.9 Å². The van der Waals surface area contributed by atoms with E-state index in [0.717, 1.165) is 18.6 Å². The lowest BCUT2D eigenvalue weighted by Crippen LogP contribution is -2.60. The Morgan fingerprint density at radius 3 is 2.59 bits per heavy atom. The molecule has 0 radical (unpaired) electrons. The van der Waals surface area contributed by atoms with Gasteiger partial charge in [-0.2, -0.15) is 13.2 Å². The number of nitrogens with one attached hydrogen (secondary N) is 1. The Hall–Kier alpha value is -2.29. The third-order valence-corrected chi connectivity index (χ3v) is 6.04. The van der Waals surface area contributed by atoms with Crippen molar-refractivity contribution in [3.05, 3.63) is 29.3 Å². The average Bonchev–Trinajstić information content (AvgIpc) is 3.28. The number of carbonyl (C=O) groups excluding carboxylic acids is 3. The van der Waals surface area contributed by atoms with Crippen LogP contribution >= 0.6 is 11.6 Å². The molecular formula is C19H19ClF3N3O3. The van der Waals surface area contributed by atoms with Crippen LogP contribution in [-0.4, -0.2) is 52.7 Å². The van der Waals surface area contributed by atoms with Gasteiger partial charge in [0.2, 0.25) is 11.8 Å². The van der Waals surface area contributed by atoms with Crippen molar-refractivity contribution in [3.63, 3.8) is 0 Å². The summed E-state index contributed by atoms with van der Waals surface area (Å²) in [5, 5.41) is 2.28. The highest BCUT2D eigenvalue weighted by Crippen LogP contribution is 2.52. The van der Waals surface area contributed by atoms with E-state index in [1.54, 1.807) is 4.90 Å². The zero-order valence-electron chi connectivity index (χ0n) is 15.4. The summed E-state index contributed by atoms with van der Waals surface area (Å²) in [6, 6.07) is 2.77. The molecule has 1 unspecified atom stereocenters. The van der Waals surface area contributed by atoms with Gasteiger partial charge >= 0.3 is 6.18 Å². The lowest BCUT2D eigenvalue weighted by Gasteiger charge is -2.43. The van der Waals surface area contributed by atoms with Crippen molar-refractivity contribution in [2.24, 2.45) is 5.41 Å². The highest BCUT2D eigenvalue weighted by molar-refractivity contribution is 6.29. The van der Waals surface area contributed by atoms with Gasteiger partial charge in [-0.1, -0.05) is 0 Å². The molecule has 3 aliphatic rings. The summed E-state index contributed by atoms with van der Waals surface area (Å²) in [4.78, 5) is 40.6. The van der Waals surface area contributed by atoms with Crippen molar-refractivity contribution < 1.29 is 27.6 Å². The minimum atomic E-state index is -4.69. The molecule has 1 N–H and O–H groups in total. The summed E-state index contributed by atoms with van der Waals surface area (Å²) in [5.74, 6) is -1.63. The van der Waals surface area contributed by atoms with E-state index in [1.165, 1.54) is 11.0 Å². The van der Waals surface area contributed by atoms with Crippen molar-refractivity contribution in [1.82, 2.24) is 9.80 Å². The number of anilines is 1. The average molecular weight is 430 g/mol. The Morgan fingerprint density at radius 1 is 1.24 bits per heavy atom. The fraction of sp³-hybridized carbons (Fsp3) is 0.526. The number of alkyl halides is 4. The van der Waals surface area contributed by atoms with Gasteiger partial charge in [-0.25, -0.2) is 0 Å². The van der Waals surface area contributed by atoms with Crippen LogP contribution in [0.4, 0.5) is 18.9 Å². The molecular weight excluding hydrogens is 411 g/mol. The molecule has 0 aromatic heterocycles. The fourth-order valence-electron chi connectivity index (χ4n) is 4.19. The molecule has 2 saturated heterocycles. The summed E-state index contributed by atoms with van der Waals surface area (Å²) < 4.78 is 40.1. The van der Waals surface area contributed by atoms with Gasteiger partial charge in [0, 0.05) is 24.3 Å². The smallest absolute Gasteiger partial charge is 0.325 e. The van der Waals surface area contributed by atoms with Crippen LogP contribution in [0.25, 0.3) is 0 Å². The van der Waals surface area contributed by atoms with E-state index in [0.29, 0.717) is 25.8 Å². The molecule has 1 spiro atoms. The SMILES string of the molecule is O=C(CCl)Nc1cc(C(=O)N2CC3(CC3)C(=O)N3CCCC23)cc(C(F)(F)F)c1. The number of fused-ring (bicyclic) bond motifs is 1. The molecule has 3 fully saturated rings. The monoisotopic (exact) mass is 429 g/mol. The number of benzene rings is 1. The van der Waals surface area contributed by atoms with E-state index in [4.69, 9.17) is 11.6 Å². The molecule has 10 heteroatoms. The van der Waals surface area contributed by atoms with Crippen LogP contribution in [0.3, 0.4) is 0 Å². The summed E-state index contributed by atoms with van der Waals surface area (Å²) in [5.41, 5.74) is -1.95. The van der Waals surface area contributed by atoms with Gasteiger partial charge in [0.25, 0.3) is 5.91 Å². The molecule has 156 valence electrons. The Kier molecular flexibility index (Phi) is 4.76. The summed E-state index contributed by atoms with van der Waals surface area (Å²) in [6.07, 6.45) is -2.42. The number of carbonyl (C=O) groups is 3. The van der Waals surface area contributed by atoms with E-state index in [2.05, 4.69) is 5.32 Å². The highest BCUT2D eigenvalue weighted by Gasteiger charge is 2.59. The molecule has 29 heavy (non-hydrogen) atoms. The van der Waals surface area contributed by atoms with Gasteiger partial charge in [0.1, 0.15) is 12.0 Å². The number of hydrogen-bond donors (Lipinski definition) is 1. The van der Waals surface area contributed by atoms with Gasteiger partial charge in [-0.3, -0.25) is 14.4 Å². The van der Waals surface area contributed by atoms with Gasteiger partial charge in [-0.15, -0.1) is 11.6 Å². The van der Waals surface area contributed by atoms with Crippen molar-refractivity contribution >= 4 is 35.0 Å². The summed E-state index contributed by atoms with van der Waals surface area (Å²) >= 11 is 5.42. The lowest BCUT2D eigenvalue weighted by atomic mass is 9.98. The largest absolute Gasteiger partial charge is 0.416 e. The van der Waals surface area contributed by atoms with Crippen LogP contribution in [0.2, 0.25) is 0 Å². The first-order valence-electron chi connectivity index (χ1n) is 9.35. The maximum Gasteiger partial charge on any atom is 0.416 e. The number of hydrogen-bond acceptors (Lipinski definition) is 3. The minimum Gasteiger partial charge on any atom is -0.325 e. The maximum atomic E-state index is 13.4. The maximum absolute atomic E-state index is 13.4. The zero-order valence-corrected chi connectivity index (χ0v) is 16.1. The van der Waals surface area contributed by atoms with Crippen LogP contribution in [0.1, 0.15) is 41.6 Å². The first-order valence-corrected chi connectivity index (χ1v) is 9.88. The first-order chi connectivity index (χ1) is 13.6. The molecule has 3 amide bonds. The van der Waals surface area contributed by atoms with Crippen LogP contribution in [0, 0.1) is 5.41 Å². The van der Waals surface area contributed by atoms with E-state index in [9.17, 15) is 27.6 Å². The first kappa shape index (κ1) is 20.0. The Balaban J connectivity index is 1.69. The number of amides is 3. The Labute approximate surface area is 170 Å². The molecule has 1 atom stereocenters. The predicted octanol–water partition coefficient (Wildman–Crippen LogP) is 3.07. The van der Waals surface area contributed by atoms with Crippen molar-refractivity contribution in [2.45, 2.75) is 38.0 Å². The van der Waals surface area contributed by atoms with Crippen LogP contribution in [0.15, 0.2) is 18.2 Å². The van der Waals surface area contributed by atoms with Gasteiger partial charge < -0.3 is 15.1 Å². The Morgan fingerprint density at radius 2 is 1.97 bits per heavy atom. The fourth-order valence-corrected chi connectivity index (χ4v) is 4.26. The van der Waals surface area contributed by atoms with E-state index < -0.39 is 41.0 Å². The summed E-state index contributed by atoms with van der Waals surface area (Å²) in [7, 11) is 0. The third-order valence-electron chi connectivity index (χ3n) is 5.80. The predicted molar refractivity (Wildman–Crippen MR) is 98.2 cm³/mol. The van der Waals surface area contributed by atoms with Crippen molar-refractivity contribution in [3.8, 4) is 0 Å². The van der Waals surface area contributed by atoms with Crippen LogP contribution < -0.4 is 5.32 Å². The van der Waals surface area contributed by atoms with Gasteiger partial charge in [0.05, 0.1) is 11.0 Å². The molecule has 4 rings (SSSR count). The second-order valence-corrected chi connectivity index (χ2v) is 8.08. The topological polar surface area (TPSA) is 69.7 Å². The van der Waals surface area contributed by atoms with Crippen LogP contribution in [0.5, 0.6) is 0 Å². The number of halogens is 4. The van der Waals surface area contributed by atoms with E-state index in [-0.39, 0.29) is 23.7 Å². The molecule has 6 nitrogen and oxygen atoms in total. The molecule has 2 aliphatic heterocycles. The van der Waals surface area contributed by atoms with Crippen molar-refractivity contribution in [1.29, 1.82) is 0 Å². The summed E-state index contributed by atoms with van der Waals surface area (Å²) in [6.45, 7) is 0.764. The second kappa shape index (κ2) is 6.90. The van der Waals surface area contributed by atoms with Crippen LogP contribution in [-0.2, 0) is 15.8 Å². The van der Waals surface area contributed by atoms with Crippen molar-refractivity contribution in [2.75, 3.05) is 24.3 Å². The standard InChI is InChI=1S/C19H19ClF3N3O3/c20-9-14(27)24-13-7-11(6-12(8-13)19(21,22)23)16(28)26-10-18(3-4-18)17(29)25-5-1-2-15(25)26/h6-8,15H,1-5,9-10H2,(H,24,27). The zero-order chi connectivity index (χ0) is 21.0. The second-order valence-electron chi connectivity index (χ2n) is 7.81. The Bertz CT molecular complexity index is 885. The highest BCUT2D eigenvalue weighted by atomic mass is 35.5. The quantitative estimate of drug-likeness (QED) is 0.751. The third kappa shape index (κ3) is 3.56. The van der Waals surface area contributed by atoms with Gasteiger partial charge in [0.15, 0.2) is 0 Å². The minimum absolute atomic E-state index is 0.0446. The molecule has 1 saturated carbocycles. The van der Waals surface area contributed by atoms with E-state index in [1.807, 2.05) is 0 Å². The molecule has 1 aromatic rings. The lowest BCUT2D eigenvalue weighted by molar-refractivity contribution is -0.147. The molecule has 1 aliphatic carbocycles. The molecule has 0 bridgehead atoms. The molecule has 2 heterocycles.